The molecule has 3 aromatic rings. The van der Waals surface area contributed by atoms with Gasteiger partial charge in [0.05, 0.1) is 20.8 Å². The van der Waals surface area contributed by atoms with Crippen molar-refractivity contribution in [1.29, 1.82) is 0 Å². The molecule has 2 aromatic carbocycles. The average Bonchev–Trinajstić information content (AvgIpc) is 3.25. The number of hydrogen-bond donors (Lipinski definition) is 1. The third-order valence-electron chi connectivity index (χ3n) is 4.51. The molecule has 1 aliphatic rings. The fraction of sp³-hybridized carbons (Fsp3) is 0.250. The molecule has 1 aromatic heterocycles. The molecule has 28 heavy (non-hydrogen) atoms. The Morgan fingerprint density at radius 3 is 2.82 bits per heavy atom. The van der Waals surface area contributed by atoms with Crippen molar-refractivity contribution in [3.8, 4) is 11.5 Å². The van der Waals surface area contributed by atoms with Crippen LogP contribution in [0.4, 0.5) is 5.95 Å². The van der Waals surface area contributed by atoms with Crippen molar-refractivity contribution in [2.75, 3.05) is 19.5 Å². The van der Waals surface area contributed by atoms with Gasteiger partial charge in [0, 0.05) is 5.56 Å². The van der Waals surface area contributed by atoms with Gasteiger partial charge in [-0.2, -0.15) is 0 Å². The molecule has 0 bridgehead atoms. The van der Waals surface area contributed by atoms with Gasteiger partial charge in [0.15, 0.2) is 11.5 Å². The molecular formula is C20H20N4O4. The number of benzene rings is 2. The van der Waals surface area contributed by atoms with Crippen LogP contribution in [0, 0.1) is 6.92 Å². The highest BCUT2D eigenvalue weighted by molar-refractivity contribution is 5.98. The van der Waals surface area contributed by atoms with Crippen molar-refractivity contribution in [2.24, 2.45) is 0 Å². The number of carbonyl (C=O) groups excluding carboxylic acids is 1. The van der Waals surface area contributed by atoms with E-state index >= 15 is 0 Å². The van der Waals surface area contributed by atoms with Gasteiger partial charge in [0.2, 0.25) is 12.2 Å². The van der Waals surface area contributed by atoms with Crippen LogP contribution in [-0.4, -0.2) is 35.0 Å². The van der Waals surface area contributed by atoms with Gasteiger partial charge in [-0.25, -0.2) is 14.5 Å². The molecule has 1 N–H and O–H groups in total. The number of aryl methyl sites for hydroxylation is 1. The lowest BCUT2D eigenvalue weighted by Crippen LogP contribution is -2.12. The largest absolute Gasteiger partial charge is 0.493 e. The second-order valence-electron chi connectivity index (χ2n) is 6.45. The molecule has 1 atom stereocenters. The summed E-state index contributed by atoms with van der Waals surface area (Å²) >= 11 is 0. The van der Waals surface area contributed by atoms with Crippen LogP contribution in [0.25, 0.3) is 0 Å². The van der Waals surface area contributed by atoms with Crippen LogP contribution in [0.15, 0.2) is 42.7 Å². The van der Waals surface area contributed by atoms with Crippen molar-refractivity contribution in [3.05, 3.63) is 65.0 Å². The van der Waals surface area contributed by atoms with Crippen LogP contribution >= 0.6 is 0 Å². The van der Waals surface area contributed by atoms with Crippen molar-refractivity contribution < 1.29 is 19.0 Å². The van der Waals surface area contributed by atoms with Gasteiger partial charge in [-0.15, -0.1) is 5.10 Å². The maximum Gasteiger partial charge on any atom is 0.344 e. The van der Waals surface area contributed by atoms with Gasteiger partial charge in [-0.3, -0.25) is 0 Å². The Labute approximate surface area is 162 Å². The second kappa shape index (κ2) is 7.22. The highest BCUT2D eigenvalue weighted by atomic mass is 16.6. The number of hydrogen-bond acceptors (Lipinski definition) is 7. The molecule has 144 valence electrons. The number of methoxy groups -OCH3 is 2. The number of nitrogens with one attached hydrogen (secondary N) is 1. The lowest BCUT2D eigenvalue weighted by molar-refractivity contribution is 0.0434. The molecule has 0 spiro atoms. The first-order valence-electron chi connectivity index (χ1n) is 8.76. The SMILES string of the molecule is COc1ccc2c(c1OC)C(=O)OC2Nc1ncn(Cc2cccc(C)c2)n1. The zero-order valence-electron chi connectivity index (χ0n) is 15.8. The predicted molar refractivity (Wildman–Crippen MR) is 102 cm³/mol. The Balaban J connectivity index is 1.54. The molecular weight excluding hydrogens is 360 g/mol. The Bertz CT molecular complexity index is 1030. The number of carbonyl (C=O) groups is 1. The first-order valence-corrected chi connectivity index (χ1v) is 8.76. The van der Waals surface area contributed by atoms with Crippen molar-refractivity contribution >= 4 is 11.9 Å². The number of fused-ring (bicyclic) bond motifs is 1. The zero-order chi connectivity index (χ0) is 19.7. The van der Waals surface area contributed by atoms with E-state index in [0.717, 1.165) is 5.56 Å². The normalized spacial score (nSPS) is 15.1. The number of ether oxygens (including phenoxy) is 3. The molecule has 0 fully saturated rings. The molecule has 0 saturated heterocycles. The first kappa shape index (κ1) is 17.8. The lowest BCUT2D eigenvalue weighted by Gasteiger charge is -2.12. The van der Waals surface area contributed by atoms with Crippen LogP contribution in [0.5, 0.6) is 11.5 Å². The molecule has 1 unspecified atom stereocenters. The summed E-state index contributed by atoms with van der Waals surface area (Å²) in [4.78, 5) is 16.6. The summed E-state index contributed by atoms with van der Waals surface area (Å²) in [5.74, 6) is 0.710. The predicted octanol–water partition coefficient (Wildman–Crippen LogP) is 2.93. The van der Waals surface area contributed by atoms with E-state index in [9.17, 15) is 4.79 Å². The molecule has 4 rings (SSSR count). The van der Waals surface area contributed by atoms with Gasteiger partial charge >= 0.3 is 5.97 Å². The Morgan fingerprint density at radius 2 is 2.07 bits per heavy atom. The van der Waals surface area contributed by atoms with E-state index in [1.807, 2.05) is 25.1 Å². The Hall–Kier alpha value is -3.55. The monoisotopic (exact) mass is 380 g/mol. The Kier molecular flexibility index (Phi) is 4.60. The minimum absolute atomic E-state index is 0.346. The molecule has 2 heterocycles. The van der Waals surface area contributed by atoms with Gasteiger partial charge in [0.1, 0.15) is 11.9 Å². The number of esters is 1. The number of aromatic nitrogens is 3. The summed E-state index contributed by atoms with van der Waals surface area (Å²) in [7, 11) is 3.01. The topological polar surface area (TPSA) is 87.5 Å². The quantitative estimate of drug-likeness (QED) is 0.658. The van der Waals surface area contributed by atoms with Crippen LogP contribution in [0.1, 0.15) is 33.3 Å². The van der Waals surface area contributed by atoms with E-state index in [2.05, 4.69) is 21.5 Å². The summed E-state index contributed by atoms with van der Waals surface area (Å²) in [6.07, 6.45) is 0.939. The third-order valence-corrected chi connectivity index (χ3v) is 4.51. The van der Waals surface area contributed by atoms with Gasteiger partial charge in [0.25, 0.3) is 0 Å². The molecule has 0 radical (unpaired) electrons. The third kappa shape index (κ3) is 3.24. The molecule has 0 saturated carbocycles. The number of nitrogens with zero attached hydrogens (tertiary/aromatic N) is 3. The van der Waals surface area contributed by atoms with E-state index in [4.69, 9.17) is 14.2 Å². The molecule has 8 nitrogen and oxygen atoms in total. The number of rotatable bonds is 6. The highest BCUT2D eigenvalue weighted by Gasteiger charge is 2.36. The van der Waals surface area contributed by atoms with Crippen LogP contribution < -0.4 is 14.8 Å². The van der Waals surface area contributed by atoms with Gasteiger partial charge < -0.3 is 19.5 Å². The average molecular weight is 380 g/mol. The van der Waals surface area contributed by atoms with E-state index in [0.29, 0.717) is 35.1 Å². The maximum absolute atomic E-state index is 12.3. The van der Waals surface area contributed by atoms with Crippen LogP contribution in [-0.2, 0) is 11.3 Å². The molecule has 0 amide bonds. The van der Waals surface area contributed by atoms with Gasteiger partial charge in [-0.1, -0.05) is 29.8 Å². The fourth-order valence-corrected chi connectivity index (χ4v) is 3.26. The maximum atomic E-state index is 12.3. The minimum atomic E-state index is -0.697. The fourth-order valence-electron chi connectivity index (χ4n) is 3.26. The molecule has 8 heteroatoms. The van der Waals surface area contributed by atoms with Gasteiger partial charge in [-0.05, 0) is 24.6 Å². The van der Waals surface area contributed by atoms with E-state index in [-0.39, 0.29) is 0 Å². The molecule has 0 aliphatic carbocycles. The van der Waals surface area contributed by atoms with E-state index in [1.54, 1.807) is 23.1 Å². The summed E-state index contributed by atoms with van der Waals surface area (Å²) in [6.45, 7) is 2.65. The Morgan fingerprint density at radius 1 is 1.21 bits per heavy atom. The van der Waals surface area contributed by atoms with Crippen LogP contribution in [0.3, 0.4) is 0 Å². The van der Waals surface area contributed by atoms with Crippen molar-refractivity contribution in [2.45, 2.75) is 19.7 Å². The summed E-state index contributed by atoms with van der Waals surface area (Å²) in [5.41, 5.74) is 3.32. The minimum Gasteiger partial charge on any atom is -0.493 e. The standard InChI is InChI=1S/C20H20N4O4/c1-12-5-4-6-13(9-12)10-24-11-21-20(23-24)22-18-14-7-8-15(26-2)17(27-3)16(14)19(25)28-18/h4-9,11,18H,10H2,1-3H3,(H,22,23). The summed E-state index contributed by atoms with van der Waals surface area (Å²) in [5, 5.41) is 7.47. The molecule has 1 aliphatic heterocycles. The highest BCUT2D eigenvalue weighted by Crippen LogP contribution is 2.41. The second-order valence-corrected chi connectivity index (χ2v) is 6.45. The van der Waals surface area contributed by atoms with E-state index in [1.165, 1.54) is 19.8 Å². The van der Waals surface area contributed by atoms with Crippen molar-refractivity contribution in [1.82, 2.24) is 14.8 Å². The first-order chi connectivity index (χ1) is 13.6. The van der Waals surface area contributed by atoms with E-state index < -0.39 is 12.2 Å². The summed E-state index contributed by atoms with van der Waals surface area (Å²) < 4.78 is 17.8. The smallest absolute Gasteiger partial charge is 0.344 e. The number of anilines is 1. The summed E-state index contributed by atoms with van der Waals surface area (Å²) in [6, 6.07) is 11.7. The van der Waals surface area contributed by atoms with Crippen LogP contribution in [0.2, 0.25) is 0 Å². The number of cyclic esters (lactones) is 1. The zero-order valence-corrected chi connectivity index (χ0v) is 15.8. The van der Waals surface area contributed by atoms with Crippen molar-refractivity contribution in [3.63, 3.8) is 0 Å². The lowest BCUT2D eigenvalue weighted by atomic mass is 10.1.